The summed E-state index contributed by atoms with van der Waals surface area (Å²) in [6, 6.07) is 4.37. The number of rotatable bonds is 5. The van der Waals surface area contributed by atoms with Crippen LogP contribution in [0.3, 0.4) is 0 Å². The van der Waals surface area contributed by atoms with Gasteiger partial charge in [-0.2, -0.15) is 4.98 Å². The Morgan fingerprint density at radius 1 is 1.30 bits per heavy atom. The fourth-order valence-corrected chi connectivity index (χ4v) is 3.08. The summed E-state index contributed by atoms with van der Waals surface area (Å²) in [5.41, 5.74) is 3.34. The fraction of sp³-hybridized carbons (Fsp3) is 0.294. The zero-order valence-corrected chi connectivity index (χ0v) is 16.1. The molecule has 1 amide bonds. The van der Waals surface area contributed by atoms with E-state index in [2.05, 4.69) is 20.4 Å². The topological polar surface area (TPSA) is 115 Å². The average molecular weight is 386 g/mol. The van der Waals surface area contributed by atoms with Crippen molar-refractivity contribution in [3.05, 3.63) is 50.8 Å². The Morgan fingerprint density at radius 3 is 2.70 bits per heavy atom. The molecule has 2 aromatic heterocycles. The molecule has 0 aliphatic rings. The van der Waals surface area contributed by atoms with E-state index in [1.807, 2.05) is 20.1 Å². The van der Waals surface area contributed by atoms with Crippen molar-refractivity contribution in [1.29, 1.82) is 0 Å². The van der Waals surface area contributed by atoms with Crippen LogP contribution in [0, 0.1) is 30.9 Å². The third kappa shape index (κ3) is 3.75. The molecule has 0 radical (unpaired) electrons. The number of nitrogens with one attached hydrogen (secondary N) is 1. The summed E-state index contributed by atoms with van der Waals surface area (Å²) in [7, 11) is 0. The first-order valence-corrected chi connectivity index (χ1v) is 9.34. The Morgan fingerprint density at radius 2 is 2.04 bits per heavy atom. The number of non-ortho nitro benzene ring substituents is 1. The molecule has 1 aromatic carbocycles. The maximum absolute atomic E-state index is 12.6. The van der Waals surface area contributed by atoms with E-state index in [1.54, 1.807) is 17.5 Å². The van der Waals surface area contributed by atoms with Crippen LogP contribution in [0.15, 0.2) is 23.4 Å². The van der Waals surface area contributed by atoms with Crippen LogP contribution in [-0.4, -0.2) is 36.7 Å². The van der Waals surface area contributed by atoms with Crippen LogP contribution in [0.1, 0.15) is 22.5 Å². The van der Waals surface area contributed by atoms with Crippen LogP contribution in [0.5, 0.6) is 0 Å². The first-order valence-electron chi connectivity index (χ1n) is 8.12. The molecule has 0 aliphatic heterocycles. The normalized spacial score (nSPS) is 11.0. The number of aryl methyl sites for hydroxylation is 3. The highest BCUT2D eigenvalue weighted by Gasteiger charge is 2.17. The van der Waals surface area contributed by atoms with Crippen LogP contribution in [0.25, 0.3) is 5.78 Å². The van der Waals surface area contributed by atoms with Crippen molar-refractivity contribution >= 4 is 34.8 Å². The van der Waals surface area contributed by atoms with E-state index in [-0.39, 0.29) is 18.0 Å². The number of nitro benzene ring substituents is 1. The number of nitrogens with zero attached hydrogens (tertiary/aromatic N) is 5. The fourth-order valence-electron chi connectivity index (χ4n) is 2.75. The third-order valence-electron chi connectivity index (χ3n) is 4.26. The summed E-state index contributed by atoms with van der Waals surface area (Å²) in [5.74, 6) is 0.212. The molecule has 10 heteroatoms. The molecular weight excluding hydrogens is 368 g/mol. The molecule has 140 valence electrons. The molecule has 0 saturated carbocycles. The Labute approximate surface area is 159 Å². The van der Waals surface area contributed by atoms with Crippen molar-refractivity contribution in [3.63, 3.8) is 0 Å². The van der Waals surface area contributed by atoms with Crippen molar-refractivity contribution in [3.8, 4) is 0 Å². The number of aromatic nitrogens is 4. The van der Waals surface area contributed by atoms with Gasteiger partial charge in [-0.15, -0.1) is 5.10 Å². The summed E-state index contributed by atoms with van der Waals surface area (Å²) >= 11 is 1.42. The highest BCUT2D eigenvalue weighted by molar-refractivity contribution is 7.98. The van der Waals surface area contributed by atoms with E-state index >= 15 is 0 Å². The molecule has 1 N–H and O–H groups in total. The number of carbonyl (C=O) groups is 1. The molecule has 2 heterocycles. The van der Waals surface area contributed by atoms with Crippen LogP contribution in [0.2, 0.25) is 0 Å². The Bertz CT molecular complexity index is 1060. The van der Waals surface area contributed by atoms with Gasteiger partial charge in [0.2, 0.25) is 11.1 Å². The summed E-state index contributed by atoms with van der Waals surface area (Å²) in [6.45, 7) is 5.46. The summed E-state index contributed by atoms with van der Waals surface area (Å²) in [6.07, 6.45) is 1.96. The van der Waals surface area contributed by atoms with Crippen LogP contribution in [-0.2, 0) is 11.2 Å². The minimum Gasteiger partial charge on any atom is -0.325 e. The van der Waals surface area contributed by atoms with E-state index in [0.29, 0.717) is 22.3 Å². The SMILES string of the molecule is CSc1nc2nc(C)c(CC(=O)Nc3cc([N+](=O)[O-])ccc3C)c(C)n2n1. The first kappa shape index (κ1) is 18.8. The first-order chi connectivity index (χ1) is 12.8. The maximum atomic E-state index is 12.6. The van der Waals surface area contributed by atoms with E-state index in [9.17, 15) is 14.9 Å². The lowest BCUT2D eigenvalue weighted by Gasteiger charge is -2.12. The van der Waals surface area contributed by atoms with Crippen molar-refractivity contribution in [2.75, 3.05) is 11.6 Å². The molecule has 0 saturated heterocycles. The van der Waals surface area contributed by atoms with Gasteiger partial charge in [0.25, 0.3) is 11.5 Å². The highest BCUT2D eigenvalue weighted by atomic mass is 32.2. The number of anilines is 1. The summed E-state index contributed by atoms with van der Waals surface area (Å²) < 4.78 is 1.63. The van der Waals surface area contributed by atoms with Gasteiger partial charge in [-0.25, -0.2) is 9.50 Å². The van der Waals surface area contributed by atoms with E-state index < -0.39 is 4.92 Å². The number of nitro groups is 1. The predicted octanol–water partition coefficient (Wildman–Crippen LogP) is 2.86. The average Bonchev–Trinajstić information content (AvgIpc) is 3.03. The molecule has 0 bridgehead atoms. The largest absolute Gasteiger partial charge is 0.325 e. The molecule has 3 rings (SSSR count). The second-order valence-electron chi connectivity index (χ2n) is 6.05. The predicted molar refractivity (Wildman–Crippen MR) is 102 cm³/mol. The number of hydrogen-bond donors (Lipinski definition) is 1. The van der Waals surface area contributed by atoms with Gasteiger partial charge in [0.05, 0.1) is 17.0 Å². The third-order valence-corrected chi connectivity index (χ3v) is 4.79. The molecular formula is C17H18N6O3S. The van der Waals surface area contributed by atoms with Crippen LogP contribution >= 0.6 is 11.8 Å². The number of thioether (sulfide) groups is 1. The van der Waals surface area contributed by atoms with Crippen LogP contribution < -0.4 is 5.32 Å². The lowest BCUT2D eigenvalue weighted by atomic mass is 10.1. The Hall–Kier alpha value is -3.01. The quantitative estimate of drug-likeness (QED) is 0.407. The van der Waals surface area contributed by atoms with Gasteiger partial charge in [-0.05, 0) is 32.6 Å². The number of benzene rings is 1. The molecule has 0 aliphatic carbocycles. The standard InChI is InChI=1S/C17H18N6O3S/c1-9-5-6-12(23(25)26)7-14(9)19-15(24)8-13-10(2)18-16-20-17(27-4)21-22(16)11(13)3/h5-7H,8H2,1-4H3,(H,19,24). The second-order valence-corrected chi connectivity index (χ2v) is 6.83. The molecule has 27 heavy (non-hydrogen) atoms. The molecule has 0 fully saturated rings. The van der Waals surface area contributed by atoms with E-state index in [0.717, 1.165) is 16.8 Å². The lowest BCUT2D eigenvalue weighted by Crippen LogP contribution is -2.18. The van der Waals surface area contributed by atoms with E-state index in [4.69, 9.17) is 0 Å². The maximum Gasteiger partial charge on any atom is 0.271 e. The molecule has 0 atom stereocenters. The minimum absolute atomic E-state index is 0.0708. The van der Waals surface area contributed by atoms with Gasteiger partial charge in [0.1, 0.15) is 0 Å². The van der Waals surface area contributed by atoms with Crippen molar-refractivity contribution in [2.45, 2.75) is 32.3 Å². The Balaban J connectivity index is 1.88. The van der Waals surface area contributed by atoms with Gasteiger partial charge in [0, 0.05) is 29.1 Å². The highest BCUT2D eigenvalue weighted by Crippen LogP contribution is 2.23. The van der Waals surface area contributed by atoms with Gasteiger partial charge in [-0.3, -0.25) is 14.9 Å². The zero-order valence-electron chi connectivity index (χ0n) is 15.3. The van der Waals surface area contributed by atoms with E-state index in [1.165, 1.54) is 23.9 Å². The van der Waals surface area contributed by atoms with Crippen molar-refractivity contribution in [2.24, 2.45) is 0 Å². The van der Waals surface area contributed by atoms with Gasteiger partial charge in [-0.1, -0.05) is 17.8 Å². The number of fused-ring (bicyclic) bond motifs is 1. The summed E-state index contributed by atoms with van der Waals surface area (Å²) in [4.78, 5) is 31.8. The molecule has 3 aromatic rings. The summed E-state index contributed by atoms with van der Waals surface area (Å²) in [5, 5.41) is 18.7. The lowest BCUT2D eigenvalue weighted by molar-refractivity contribution is -0.384. The Kier molecular flexibility index (Phi) is 5.08. The second kappa shape index (κ2) is 7.31. The number of hydrogen-bond acceptors (Lipinski definition) is 7. The number of carbonyl (C=O) groups excluding carboxylic acids is 1. The smallest absolute Gasteiger partial charge is 0.271 e. The van der Waals surface area contributed by atoms with Crippen LogP contribution in [0.4, 0.5) is 11.4 Å². The molecule has 9 nitrogen and oxygen atoms in total. The minimum atomic E-state index is -0.491. The molecule has 0 spiro atoms. The van der Waals surface area contributed by atoms with Crippen molar-refractivity contribution in [1.82, 2.24) is 19.6 Å². The number of amides is 1. The van der Waals surface area contributed by atoms with Gasteiger partial charge < -0.3 is 5.32 Å². The monoisotopic (exact) mass is 386 g/mol. The van der Waals surface area contributed by atoms with Gasteiger partial charge in [0.15, 0.2) is 0 Å². The van der Waals surface area contributed by atoms with Gasteiger partial charge >= 0.3 is 0 Å². The zero-order chi connectivity index (χ0) is 19.7. The van der Waals surface area contributed by atoms with Crippen molar-refractivity contribution < 1.29 is 9.72 Å². The molecule has 0 unspecified atom stereocenters.